The van der Waals surface area contributed by atoms with Crippen molar-refractivity contribution in [3.05, 3.63) is 0 Å². The predicted octanol–water partition coefficient (Wildman–Crippen LogP) is 7.78. The lowest BCUT2D eigenvalue weighted by Crippen LogP contribution is -2.41. The Labute approximate surface area is 169 Å². The highest BCUT2D eigenvalue weighted by Gasteiger charge is 2.48. The molecule has 0 radical (unpaired) electrons. The molecule has 0 aromatic carbocycles. The molecule has 0 atom stereocenters. The van der Waals surface area contributed by atoms with Crippen molar-refractivity contribution in [3.8, 4) is 0 Å². The third-order valence-corrected chi connectivity index (χ3v) is 6.75. The maximum Gasteiger partial charge on any atom is 0.118 e. The van der Waals surface area contributed by atoms with Gasteiger partial charge in [0.05, 0.1) is 5.41 Å². The van der Waals surface area contributed by atoms with E-state index in [0.717, 1.165) is 0 Å². The molecule has 20 heavy (non-hydrogen) atoms. The van der Waals surface area contributed by atoms with Crippen molar-refractivity contribution in [2.45, 2.75) is 43.4 Å². The van der Waals surface area contributed by atoms with Gasteiger partial charge in [-0.05, 0) is 12.8 Å². The van der Waals surface area contributed by atoms with Crippen LogP contribution in [-0.2, 0) is 0 Å². The van der Waals surface area contributed by atoms with Crippen LogP contribution in [0.5, 0.6) is 0 Å². The molecule has 0 N–H and O–H groups in total. The molecule has 0 aliphatic heterocycles. The summed E-state index contributed by atoms with van der Waals surface area (Å²) in [7, 11) is 0. The summed E-state index contributed by atoms with van der Waals surface area (Å²) in [5.74, 6) is -0.309. The highest BCUT2D eigenvalue weighted by Crippen LogP contribution is 2.49. The monoisotopic (exact) mass is 482 g/mol. The number of hydrogen-bond acceptors (Lipinski definition) is 0. The molecule has 10 heteroatoms. The predicted molar refractivity (Wildman–Crippen MR) is 97.2 cm³/mol. The zero-order chi connectivity index (χ0) is 16.1. The molecule has 0 heterocycles. The SMILES string of the molecule is ClC(Cl)C(CCCC(C(Cl)Cl)(C(Cl)Cl)C(Cl)Cl)C(Cl)Cl. The second-order valence-electron chi connectivity index (χ2n) is 4.24. The minimum absolute atomic E-state index is 0.309. The normalized spacial score (nSPS) is 13.8. The van der Waals surface area contributed by atoms with Gasteiger partial charge in [0.1, 0.15) is 24.2 Å². The van der Waals surface area contributed by atoms with Crippen molar-refractivity contribution in [3.63, 3.8) is 0 Å². The lowest BCUT2D eigenvalue weighted by Gasteiger charge is -2.37. The lowest BCUT2D eigenvalue weighted by atomic mass is 9.86. The van der Waals surface area contributed by atoms with Crippen molar-refractivity contribution < 1.29 is 0 Å². The largest absolute Gasteiger partial charge is 0.118 e. The Balaban J connectivity index is 4.79. The van der Waals surface area contributed by atoms with E-state index in [1.165, 1.54) is 0 Å². The number of halogens is 10. The summed E-state index contributed by atoms with van der Waals surface area (Å²) >= 11 is 59.0. The Bertz CT molecular complexity index is 235. The number of alkyl halides is 10. The fraction of sp³-hybridized carbons (Fsp3) is 1.00. The van der Waals surface area contributed by atoms with Gasteiger partial charge in [-0.1, -0.05) is 6.42 Å². The van der Waals surface area contributed by atoms with E-state index in [1.807, 2.05) is 0 Å². The summed E-state index contributed by atoms with van der Waals surface area (Å²) in [6.45, 7) is 0. The van der Waals surface area contributed by atoms with Crippen LogP contribution in [-0.4, -0.2) is 24.2 Å². The molecule has 0 unspecified atom stereocenters. The highest BCUT2D eigenvalue weighted by atomic mass is 35.5. The first kappa shape index (κ1) is 22.9. The minimum Gasteiger partial charge on any atom is -0.105 e. The van der Waals surface area contributed by atoms with Gasteiger partial charge in [0.25, 0.3) is 0 Å². The molecule has 0 aromatic rings. The second-order valence-corrected chi connectivity index (χ2v) is 9.86. The van der Waals surface area contributed by atoms with Gasteiger partial charge < -0.3 is 0 Å². The second kappa shape index (κ2) is 10.7. The van der Waals surface area contributed by atoms with E-state index < -0.39 is 29.6 Å². The van der Waals surface area contributed by atoms with Crippen LogP contribution in [0.25, 0.3) is 0 Å². The van der Waals surface area contributed by atoms with Gasteiger partial charge in [-0.15, -0.1) is 116 Å². The summed E-state index contributed by atoms with van der Waals surface area (Å²) in [5.41, 5.74) is -1.07. The van der Waals surface area contributed by atoms with E-state index >= 15 is 0 Å². The molecule has 0 saturated heterocycles. The summed E-state index contributed by atoms with van der Waals surface area (Å²) < 4.78 is 0. The Kier molecular flexibility index (Phi) is 12.3. The van der Waals surface area contributed by atoms with Crippen LogP contribution in [0.15, 0.2) is 0 Å². The molecule has 0 rings (SSSR count). The smallest absolute Gasteiger partial charge is 0.105 e. The average Bonchev–Trinajstić information content (AvgIpc) is 2.26. The van der Waals surface area contributed by atoms with Crippen molar-refractivity contribution in [2.24, 2.45) is 11.3 Å². The van der Waals surface area contributed by atoms with E-state index in [-0.39, 0.29) is 5.92 Å². The van der Waals surface area contributed by atoms with E-state index in [2.05, 4.69) is 0 Å². The molecule has 0 saturated carbocycles. The molecule has 0 fully saturated rings. The molecule has 0 nitrogen and oxygen atoms in total. The van der Waals surface area contributed by atoms with Gasteiger partial charge >= 0.3 is 0 Å². The van der Waals surface area contributed by atoms with Crippen molar-refractivity contribution >= 4 is 116 Å². The Morgan fingerprint density at radius 3 is 1.20 bits per heavy atom. The van der Waals surface area contributed by atoms with Crippen LogP contribution in [0.1, 0.15) is 19.3 Å². The first-order valence-corrected chi connectivity index (χ1v) is 9.84. The van der Waals surface area contributed by atoms with Gasteiger partial charge in [-0.3, -0.25) is 0 Å². The maximum absolute atomic E-state index is 5.95. The van der Waals surface area contributed by atoms with Crippen molar-refractivity contribution in [2.75, 3.05) is 0 Å². The van der Waals surface area contributed by atoms with E-state index in [1.54, 1.807) is 0 Å². The van der Waals surface area contributed by atoms with Gasteiger partial charge in [-0.25, -0.2) is 0 Å². The van der Waals surface area contributed by atoms with Crippen LogP contribution in [0.4, 0.5) is 0 Å². The first-order valence-electron chi connectivity index (χ1n) is 5.48. The van der Waals surface area contributed by atoms with E-state index in [0.29, 0.717) is 19.3 Å². The third-order valence-electron chi connectivity index (χ3n) is 3.01. The third kappa shape index (κ3) is 6.42. The van der Waals surface area contributed by atoms with Gasteiger partial charge in [0.2, 0.25) is 0 Å². The van der Waals surface area contributed by atoms with Crippen molar-refractivity contribution in [1.82, 2.24) is 0 Å². The topological polar surface area (TPSA) is 0 Å². The molecular weight excluding hydrogens is 475 g/mol. The summed E-state index contributed by atoms with van der Waals surface area (Å²) in [4.78, 5) is -4.21. The minimum atomic E-state index is -1.07. The van der Waals surface area contributed by atoms with E-state index in [9.17, 15) is 0 Å². The lowest BCUT2D eigenvalue weighted by molar-refractivity contribution is 0.311. The van der Waals surface area contributed by atoms with Crippen LogP contribution >= 0.6 is 116 Å². The highest BCUT2D eigenvalue weighted by molar-refractivity contribution is 6.53. The molecule has 0 bridgehead atoms. The maximum atomic E-state index is 5.95. The molecule has 0 aliphatic carbocycles. The molecule has 0 aromatic heterocycles. The van der Waals surface area contributed by atoms with Gasteiger partial charge in [0.15, 0.2) is 0 Å². The van der Waals surface area contributed by atoms with E-state index in [4.69, 9.17) is 116 Å². The van der Waals surface area contributed by atoms with Crippen LogP contribution in [0.2, 0.25) is 0 Å². The molecular formula is C10H12Cl10. The van der Waals surface area contributed by atoms with Crippen LogP contribution < -0.4 is 0 Å². The number of hydrogen-bond donors (Lipinski definition) is 0. The Morgan fingerprint density at radius 2 is 0.950 bits per heavy atom. The zero-order valence-electron chi connectivity index (χ0n) is 9.87. The summed E-state index contributed by atoms with van der Waals surface area (Å²) in [5, 5.41) is 0. The first-order chi connectivity index (χ1) is 9.07. The summed E-state index contributed by atoms with van der Waals surface area (Å²) in [6, 6.07) is 0. The molecule has 0 aliphatic rings. The standard InChI is InChI=1S/C10H12Cl10/c11-5(12)4(6(13)14)2-1-3-10(7(15)16,8(17)18)9(19)20/h4-9H,1-3H2. The average molecular weight is 487 g/mol. The fourth-order valence-corrected chi connectivity index (χ4v) is 5.94. The quantitative estimate of drug-likeness (QED) is 0.292. The number of rotatable bonds is 9. The molecule has 122 valence electrons. The van der Waals surface area contributed by atoms with Gasteiger partial charge in [0, 0.05) is 5.92 Å². The van der Waals surface area contributed by atoms with Crippen molar-refractivity contribution in [1.29, 1.82) is 0 Å². The van der Waals surface area contributed by atoms with Crippen LogP contribution in [0.3, 0.4) is 0 Å². The molecule has 0 amide bonds. The fourth-order valence-electron chi connectivity index (χ4n) is 1.62. The van der Waals surface area contributed by atoms with Crippen LogP contribution in [0, 0.1) is 11.3 Å². The Hall–Kier alpha value is 2.90. The molecule has 0 spiro atoms. The summed E-state index contributed by atoms with van der Waals surface area (Å²) in [6.07, 6.45) is 1.45. The zero-order valence-corrected chi connectivity index (χ0v) is 17.4. The van der Waals surface area contributed by atoms with Gasteiger partial charge in [-0.2, -0.15) is 0 Å². The Morgan fingerprint density at radius 1 is 0.600 bits per heavy atom.